The van der Waals surface area contributed by atoms with Crippen molar-refractivity contribution in [2.75, 3.05) is 19.6 Å². The maximum atomic E-state index is 5.90. The van der Waals surface area contributed by atoms with Crippen LogP contribution in [0.3, 0.4) is 0 Å². The van der Waals surface area contributed by atoms with Crippen LogP contribution in [0.5, 0.6) is 0 Å². The van der Waals surface area contributed by atoms with Gasteiger partial charge in [0.25, 0.3) is 0 Å². The minimum Gasteiger partial charge on any atom is -0.373 e. The molecule has 1 fully saturated rings. The molecule has 0 radical (unpaired) electrons. The van der Waals surface area contributed by atoms with Crippen molar-refractivity contribution in [3.05, 3.63) is 0 Å². The van der Waals surface area contributed by atoms with Crippen LogP contribution in [0.15, 0.2) is 0 Å². The second kappa shape index (κ2) is 5.86. The first-order valence-corrected chi connectivity index (χ1v) is 6.37. The molecule has 1 saturated heterocycles. The third-order valence-electron chi connectivity index (χ3n) is 2.86. The quantitative estimate of drug-likeness (QED) is 0.711. The van der Waals surface area contributed by atoms with Crippen LogP contribution in [0.25, 0.3) is 0 Å². The fourth-order valence-corrected chi connectivity index (χ4v) is 2.21. The molecular weight excluding hydrogens is 186 g/mol. The van der Waals surface area contributed by atoms with E-state index in [2.05, 4.69) is 32.6 Å². The van der Waals surface area contributed by atoms with Gasteiger partial charge in [-0.05, 0) is 60.0 Å². The molecule has 1 atom stereocenters. The van der Waals surface area contributed by atoms with Crippen LogP contribution in [-0.2, 0) is 4.74 Å². The van der Waals surface area contributed by atoms with Gasteiger partial charge in [0.05, 0.1) is 11.7 Å². The molecule has 0 amide bonds. The molecule has 0 spiro atoms. The third kappa shape index (κ3) is 6.16. The Kier molecular flexibility index (Phi) is 5.07. The molecule has 0 N–H and O–H groups in total. The molecule has 0 saturated carbocycles. The summed E-state index contributed by atoms with van der Waals surface area (Å²) in [5.41, 5.74) is 0.00130. The minimum atomic E-state index is 0.00130. The highest BCUT2D eigenvalue weighted by atomic mass is 16.5. The van der Waals surface area contributed by atoms with Crippen molar-refractivity contribution in [2.45, 2.75) is 65.1 Å². The van der Waals surface area contributed by atoms with Crippen molar-refractivity contribution in [1.82, 2.24) is 4.90 Å². The van der Waals surface area contributed by atoms with Gasteiger partial charge in [0.1, 0.15) is 0 Å². The molecule has 1 aliphatic heterocycles. The lowest BCUT2D eigenvalue weighted by Gasteiger charge is -2.30. The standard InChI is InChI=1S/C13H27NO/c1-12(15-13(2,3)4)8-11-14-9-6-5-7-10-14/h12H,5-11H2,1-4H3. The summed E-state index contributed by atoms with van der Waals surface area (Å²) in [6.07, 6.45) is 5.73. The summed E-state index contributed by atoms with van der Waals surface area (Å²) in [5, 5.41) is 0. The van der Waals surface area contributed by atoms with E-state index in [1.165, 1.54) is 38.9 Å². The first-order valence-electron chi connectivity index (χ1n) is 6.37. The summed E-state index contributed by atoms with van der Waals surface area (Å²) in [5.74, 6) is 0. The molecule has 0 bridgehead atoms. The first-order chi connectivity index (χ1) is 6.97. The second-order valence-corrected chi connectivity index (χ2v) is 5.73. The average Bonchev–Trinajstić information content (AvgIpc) is 2.14. The van der Waals surface area contributed by atoms with E-state index >= 15 is 0 Å². The lowest BCUT2D eigenvalue weighted by Crippen LogP contribution is -2.34. The van der Waals surface area contributed by atoms with E-state index < -0.39 is 0 Å². The highest BCUT2D eigenvalue weighted by Crippen LogP contribution is 2.14. The third-order valence-corrected chi connectivity index (χ3v) is 2.86. The monoisotopic (exact) mass is 213 g/mol. The Morgan fingerprint density at radius 2 is 1.73 bits per heavy atom. The summed E-state index contributed by atoms with van der Waals surface area (Å²) >= 11 is 0. The van der Waals surface area contributed by atoms with Gasteiger partial charge in [0, 0.05) is 6.54 Å². The molecule has 0 aromatic carbocycles. The molecule has 15 heavy (non-hydrogen) atoms. The maximum Gasteiger partial charge on any atom is 0.0602 e. The highest BCUT2D eigenvalue weighted by molar-refractivity contribution is 4.68. The zero-order valence-corrected chi connectivity index (χ0v) is 10.9. The fourth-order valence-electron chi connectivity index (χ4n) is 2.21. The van der Waals surface area contributed by atoms with Crippen LogP contribution in [0.2, 0.25) is 0 Å². The SMILES string of the molecule is CC(CCN1CCCCC1)OC(C)(C)C. The number of likely N-dealkylation sites (tertiary alicyclic amines) is 1. The molecular formula is C13H27NO. The number of hydrogen-bond donors (Lipinski definition) is 0. The summed E-state index contributed by atoms with van der Waals surface area (Å²) in [6.45, 7) is 12.4. The van der Waals surface area contributed by atoms with Crippen molar-refractivity contribution < 1.29 is 4.74 Å². The summed E-state index contributed by atoms with van der Waals surface area (Å²) in [7, 11) is 0. The predicted molar refractivity (Wildman–Crippen MR) is 65.2 cm³/mol. The van der Waals surface area contributed by atoms with Crippen LogP contribution in [0.4, 0.5) is 0 Å². The Bertz CT molecular complexity index is 168. The zero-order valence-electron chi connectivity index (χ0n) is 10.9. The molecule has 0 aromatic rings. The smallest absolute Gasteiger partial charge is 0.0602 e. The Labute approximate surface area is 95.0 Å². The zero-order chi connectivity index (χ0) is 11.3. The molecule has 0 aromatic heterocycles. The Hall–Kier alpha value is -0.0800. The van der Waals surface area contributed by atoms with Crippen molar-refractivity contribution in [2.24, 2.45) is 0 Å². The Balaban J connectivity index is 2.12. The van der Waals surface area contributed by atoms with Crippen LogP contribution < -0.4 is 0 Å². The van der Waals surface area contributed by atoms with E-state index in [0.29, 0.717) is 6.10 Å². The van der Waals surface area contributed by atoms with Gasteiger partial charge in [-0.15, -0.1) is 0 Å². The van der Waals surface area contributed by atoms with E-state index in [4.69, 9.17) is 4.74 Å². The largest absolute Gasteiger partial charge is 0.373 e. The molecule has 2 nitrogen and oxygen atoms in total. The minimum absolute atomic E-state index is 0.00130. The van der Waals surface area contributed by atoms with Gasteiger partial charge < -0.3 is 9.64 Å². The van der Waals surface area contributed by atoms with Gasteiger partial charge in [0.2, 0.25) is 0 Å². The van der Waals surface area contributed by atoms with Crippen molar-refractivity contribution in [3.8, 4) is 0 Å². The van der Waals surface area contributed by atoms with E-state index in [1.807, 2.05) is 0 Å². The number of nitrogens with zero attached hydrogens (tertiary/aromatic N) is 1. The van der Waals surface area contributed by atoms with Gasteiger partial charge in [-0.1, -0.05) is 6.42 Å². The van der Waals surface area contributed by atoms with Gasteiger partial charge in [-0.25, -0.2) is 0 Å². The van der Waals surface area contributed by atoms with Crippen molar-refractivity contribution in [3.63, 3.8) is 0 Å². The van der Waals surface area contributed by atoms with Crippen molar-refractivity contribution in [1.29, 1.82) is 0 Å². The molecule has 0 aliphatic carbocycles. The molecule has 1 aliphatic rings. The number of piperidine rings is 1. The van der Waals surface area contributed by atoms with Gasteiger partial charge >= 0.3 is 0 Å². The Morgan fingerprint density at radius 1 is 1.13 bits per heavy atom. The van der Waals surface area contributed by atoms with E-state index in [1.54, 1.807) is 0 Å². The van der Waals surface area contributed by atoms with Crippen LogP contribution in [0, 0.1) is 0 Å². The molecule has 1 heterocycles. The van der Waals surface area contributed by atoms with Gasteiger partial charge in [-0.2, -0.15) is 0 Å². The first kappa shape index (κ1) is 13.0. The lowest BCUT2D eigenvalue weighted by atomic mass is 10.1. The predicted octanol–water partition coefficient (Wildman–Crippen LogP) is 3.07. The fraction of sp³-hybridized carbons (Fsp3) is 1.00. The van der Waals surface area contributed by atoms with Crippen molar-refractivity contribution >= 4 is 0 Å². The van der Waals surface area contributed by atoms with E-state index in [9.17, 15) is 0 Å². The summed E-state index contributed by atoms with van der Waals surface area (Å²) in [6, 6.07) is 0. The number of ether oxygens (including phenoxy) is 1. The van der Waals surface area contributed by atoms with Crippen LogP contribution in [0.1, 0.15) is 53.4 Å². The summed E-state index contributed by atoms with van der Waals surface area (Å²) in [4.78, 5) is 2.58. The Morgan fingerprint density at radius 3 is 2.27 bits per heavy atom. The number of rotatable bonds is 4. The average molecular weight is 213 g/mol. The highest BCUT2D eigenvalue weighted by Gasteiger charge is 2.16. The van der Waals surface area contributed by atoms with Gasteiger partial charge in [0.15, 0.2) is 0 Å². The lowest BCUT2D eigenvalue weighted by molar-refractivity contribution is -0.0572. The molecule has 2 heteroatoms. The van der Waals surface area contributed by atoms with E-state index in [0.717, 1.165) is 6.42 Å². The molecule has 1 unspecified atom stereocenters. The summed E-state index contributed by atoms with van der Waals surface area (Å²) < 4.78 is 5.90. The normalized spacial score (nSPS) is 21.6. The number of hydrogen-bond acceptors (Lipinski definition) is 2. The van der Waals surface area contributed by atoms with E-state index in [-0.39, 0.29) is 5.60 Å². The topological polar surface area (TPSA) is 12.5 Å². The second-order valence-electron chi connectivity index (χ2n) is 5.73. The van der Waals surface area contributed by atoms with Crippen LogP contribution in [-0.4, -0.2) is 36.2 Å². The van der Waals surface area contributed by atoms with Crippen LogP contribution >= 0.6 is 0 Å². The molecule has 90 valence electrons. The molecule has 1 rings (SSSR count). The van der Waals surface area contributed by atoms with Gasteiger partial charge in [-0.3, -0.25) is 0 Å². The maximum absolute atomic E-state index is 5.90.